The van der Waals surface area contributed by atoms with Crippen molar-refractivity contribution < 1.29 is 19.1 Å². The standard InChI is InChI=1S/C13H25NO4/c1-5-7-14(9-13(16)18-6-2)12(15)8-11(3)10-17-4/h11H,5-10H2,1-4H3. The molecule has 0 N–H and O–H groups in total. The van der Waals surface area contributed by atoms with Crippen LogP contribution in [0.4, 0.5) is 0 Å². The van der Waals surface area contributed by atoms with E-state index in [9.17, 15) is 9.59 Å². The Bertz CT molecular complexity index is 255. The molecule has 0 spiro atoms. The maximum Gasteiger partial charge on any atom is 0.325 e. The molecule has 0 aliphatic carbocycles. The molecule has 1 amide bonds. The van der Waals surface area contributed by atoms with Gasteiger partial charge in [0.25, 0.3) is 0 Å². The second kappa shape index (κ2) is 9.88. The van der Waals surface area contributed by atoms with Crippen molar-refractivity contribution in [2.24, 2.45) is 5.92 Å². The Hall–Kier alpha value is -1.10. The summed E-state index contributed by atoms with van der Waals surface area (Å²) in [7, 11) is 1.61. The average molecular weight is 259 g/mol. The van der Waals surface area contributed by atoms with Crippen LogP contribution >= 0.6 is 0 Å². The van der Waals surface area contributed by atoms with Crippen molar-refractivity contribution in [3.05, 3.63) is 0 Å². The van der Waals surface area contributed by atoms with Gasteiger partial charge in [-0.05, 0) is 19.3 Å². The Morgan fingerprint density at radius 1 is 1.28 bits per heavy atom. The van der Waals surface area contributed by atoms with Crippen molar-refractivity contribution in [2.75, 3.05) is 33.4 Å². The third kappa shape index (κ3) is 7.27. The van der Waals surface area contributed by atoms with Crippen molar-refractivity contribution in [3.63, 3.8) is 0 Å². The van der Waals surface area contributed by atoms with E-state index in [1.807, 2.05) is 13.8 Å². The predicted octanol–water partition coefficient (Wildman–Crippen LogP) is 1.46. The molecule has 0 aromatic rings. The van der Waals surface area contributed by atoms with E-state index >= 15 is 0 Å². The fraction of sp³-hybridized carbons (Fsp3) is 0.846. The molecule has 0 bridgehead atoms. The van der Waals surface area contributed by atoms with Gasteiger partial charge in [0.1, 0.15) is 6.54 Å². The van der Waals surface area contributed by atoms with Gasteiger partial charge in [-0.25, -0.2) is 0 Å². The minimum absolute atomic E-state index is 0.0190. The predicted molar refractivity (Wildman–Crippen MR) is 69.2 cm³/mol. The molecule has 0 aliphatic heterocycles. The molecule has 18 heavy (non-hydrogen) atoms. The Labute approximate surface area is 109 Å². The third-order valence-electron chi connectivity index (χ3n) is 2.45. The minimum Gasteiger partial charge on any atom is -0.465 e. The zero-order valence-electron chi connectivity index (χ0n) is 11.9. The van der Waals surface area contributed by atoms with Gasteiger partial charge in [0.05, 0.1) is 6.61 Å². The zero-order chi connectivity index (χ0) is 14.0. The highest BCUT2D eigenvalue weighted by atomic mass is 16.5. The number of carbonyl (C=O) groups is 2. The summed E-state index contributed by atoms with van der Waals surface area (Å²) in [4.78, 5) is 25.0. The molecule has 1 unspecified atom stereocenters. The van der Waals surface area contributed by atoms with Crippen LogP contribution in [0.1, 0.15) is 33.6 Å². The van der Waals surface area contributed by atoms with Crippen LogP contribution in [0.2, 0.25) is 0 Å². The number of methoxy groups -OCH3 is 1. The first-order valence-corrected chi connectivity index (χ1v) is 6.47. The second-order valence-corrected chi connectivity index (χ2v) is 4.38. The van der Waals surface area contributed by atoms with E-state index < -0.39 is 0 Å². The fourth-order valence-corrected chi connectivity index (χ4v) is 1.69. The molecule has 5 nitrogen and oxygen atoms in total. The van der Waals surface area contributed by atoms with Crippen molar-refractivity contribution in [3.8, 4) is 0 Å². The van der Waals surface area contributed by atoms with Crippen LogP contribution in [-0.4, -0.2) is 50.2 Å². The normalized spacial score (nSPS) is 12.0. The first-order valence-electron chi connectivity index (χ1n) is 6.47. The first-order chi connectivity index (χ1) is 8.54. The molecular formula is C13H25NO4. The van der Waals surface area contributed by atoms with Crippen LogP contribution in [0, 0.1) is 5.92 Å². The van der Waals surface area contributed by atoms with E-state index in [1.54, 1.807) is 18.9 Å². The highest BCUT2D eigenvalue weighted by molar-refractivity contribution is 5.82. The average Bonchev–Trinajstić information content (AvgIpc) is 2.29. The largest absolute Gasteiger partial charge is 0.465 e. The highest BCUT2D eigenvalue weighted by Crippen LogP contribution is 2.07. The van der Waals surface area contributed by atoms with Gasteiger partial charge in [0.2, 0.25) is 5.91 Å². The van der Waals surface area contributed by atoms with Crippen molar-refractivity contribution in [1.29, 1.82) is 0 Å². The molecule has 106 valence electrons. The lowest BCUT2D eigenvalue weighted by molar-refractivity contribution is -0.149. The molecular weight excluding hydrogens is 234 g/mol. The molecule has 0 aliphatic rings. The lowest BCUT2D eigenvalue weighted by Crippen LogP contribution is -2.38. The number of ether oxygens (including phenoxy) is 2. The summed E-state index contributed by atoms with van der Waals surface area (Å²) in [6.45, 7) is 7.19. The number of carbonyl (C=O) groups excluding carboxylic acids is 2. The lowest BCUT2D eigenvalue weighted by Gasteiger charge is -2.22. The Morgan fingerprint density at radius 3 is 2.44 bits per heavy atom. The molecule has 0 saturated carbocycles. The van der Waals surface area contributed by atoms with E-state index in [2.05, 4.69) is 0 Å². The number of amides is 1. The summed E-state index contributed by atoms with van der Waals surface area (Å²) >= 11 is 0. The van der Waals surface area contributed by atoms with E-state index in [-0.39, 0.29) is 24.3 Å². The third-order valence-corrected chi connectivity index (χ3v) is 2.45. The van der Waals surface area contributed by atoms with Crippen molar-refractivity contribution >= 4 is 11.9 Å². The molecule has 0 aromatic carbocycles. The van der Waals surface area contributed by atoms with Gasteiger partial charge in [-0.1, -0.05) is 13.8 Å². The first kappa shape index (κ1) is 16.9. The second-order valence-electron chi connectivity index (χ2n) is 4.38. The molecule has 0 radical (unpaired) electrons. The van der Waals surface area contributed by atoms with Crippen LogP contribution in [-0.2, 0) is 19.1 Å². The lowest BCUT2D eigenvalue weighted by atomic mass is 10.1. The van der Waals surface area contributed by atoms with E-state index in [0.29, 0.717) is 26.2 Å². The Morgan fingerprint density at radius 2 is 1.94 bits per heavy atom. The van der Waals surface area contributed by atoms with E-state index in [4.69, 9.17) is 9.47 Å². The minimum atomic E-state index is -0.348. The van der Waals surface area contributed by atoms with Gasteiger partial charge in [-0.3, -0.25) is 9.59 Å². The number of rotatable bonds is 9. The topological polar surface area (TPSA) is 55.8 Å². The van der Waals surface area contributed by atoms with Gasteiger partial charge in [-0.2, -0.15) is 0 Å². The number of hydrogen-bond donors (Lipinski definition) is 0. The van der Waals surface area contributed by atoms with Gasteiger partial charge in [-0.15, -0.1) is 0 Å². The number of hydrogen-bond acceptors (Lipinski definition) is 4. The van der Waals surface area contributed by atoms with E-state index in [1.165, 1.54) is 0 Å². The van der Waals surface area contributed by atoms with Crippen LogP contribution in [0.5, 0.6) is 0 Å². The smallest absolute Gasteiger partial charge is 0.325 e. The summed E-state index contributed by atoms with van der Waals surface area (Å²) in [5.41, 5.74) is 0. The van der Waals surface area contributed by atoms with Crippen LogP contribution in [0.3, 0.4) is 0 Å². The summed E-state index contributed by atoms with van der Waals surface area (Å²) in [6, 6.07) is 0. The van der Waals surface area contributed by atoms with E-state index in [0.717, 1.165) is 6.42 Å². The monoisotopic (exact) mass is 259 g/mol. The number of nitrogens with zero attached hydrogens (tertiary/aromatic N) is 1. The van der Waals surface area contributed by atoms with Gasteiger partial charge in [0, 0.05) is 26.7 Å². The molecule has 5 heteroatoms. The summed E-state index contributed by atoms with van der Waals surface area (Å²) < 4.78 is 9.87. The number of esters is 1. The summed E-state index contributed by atoms with van der Waals surface area (Å²) in [5, 5.41) is 0. The van der Waals surface area contributed by atoms with Gasteiger partial charge in [0.15, 0.2) is 0 Å². The van der Waals surface area contributed by atoms with Crippen molar-refractivity contribution in [2.45, 2.75) is 33.6 Å². The fourth-order valence-electron chi connectivity index (χ4n) is 1.69. The summed E-state index contributed by atoms with van der Waals surface area (Å²) in [5.74, 6) is -0.211. The molecule has 0 heterocycles. The molecule has 0 rings (SSSR count). The van der Waals surface area contributed by atoms with Crippen LogP contribution in [0.25, 0.3) is 0 Å². The quantitative estimate of drug-likeness (QED) is 0.588. The van der Waals surface area contributed by atoms with Gasteiger partial charge >= 0.3 is 5.97 Å². The molecule has 0 fully saturated rings. The van der Waals surface area contributed by atoms with Gasteiger partial charge < -0.3 is 14.4 Å². The Balaban J connectivity index is 4.30. The Kier molecular flexibility index (Phi) is 9.28. The SMILES string of the molecule is CCCN(CC(=O)OCC)C(=O)CC(C)COC. The maximum absolute atomic E-state index is 12.0. The van der Waals surface area contributed by atoms with Crippen molar-refractivity contribution in [1.82, 2.24) is 4.90 Å². The van der Waals surface area contributed by atoms with Crippen LogP contribution < -0.4 is 0 Å². The van der Waals surface area contributed by atoms with Crippen LogP contribution in [0.15, 0.2) is 0 Å². The zero-order valence-corrected chi connectivity index (χ0v) is 11.9. The molecule has 1 atom stereocenters. The summed E-state index contributed by atoms with van der Waals surface area (Å²) in [6.07, 6.45) is 1.22. The molecule has 0 aromatic heterocycles. The molecule has 0 saturated heterocycles. The highest BCUT2D eigenvalue weighted by Gasteiger charge is 2.19. The maximum atomic E-state index is 12.0.